The quantitative estimate of drug-likeness (QED) is 0.364. The van der Waals surface area contributed by atoms with Gasteiger partial charge in [-0.25, -0.2) is 4.68 Å². The first-order valence-electron chi connectivity index (χ1n) is 14.3. The Bertz CT molecular complexity index is 1510. The normalized spacial score (nSPS) is 20.3. The molecule has 15 heteroatoms. The Morgan fingerprint density at radius 1 is 1.20 bits per heavy atom. The number of halogens is 4. The summed E-state index contributed by atoms with van der Waals surface area (Å²) in [4.78, 5) is 26.3. The van der Waals surface area contributed by atoms with Gasteiger partial charge in [0.1, 0.15) is 11.9 Å². The molecule has 11 nitrogen and oxygen atoms in total. The molecular formula is C29H36ClF3N8O3. The van der Waals surface area contributed by atoms with Gasteiger partial charge in [0, 0.05) is 42.5 Å². The first-order chi connectivity index (χ1) is 20.7. The van der Waals surface area contributed by atoms with Crippen LogP contribution in [0, 0.1) is 12.3 Å². The van der Waals surface area contributed by atoms with Crippen molar-refractivity contribution in [2.45, 2.75) is 57.6 Å². The second-order valence-corrected chi connectivity index (χ2v) is 12.3. The van der Waals surface area contributed by atoms with Crippen LogP contribution in [0.15, 0.2) is 36.5 Å². The fourth-order valence-electron chi connectivity index (χ4n) is 6.15. The number of aliphatic carboxylic acids is 1. The number of aryl methyl sites for hydroxylation is 1. The van der Waals surface area contributed by atoms with Crippen LogP contribution in [-0.2, 0) is 4.79 Å². The number of carboxylic acid groups (broad SMARTS) is 1. The smallest absolute Gasteiger partial charge is 0.429 e. The first-order valence-corrected chi connectivity index (χ1v) is 14.6. The summed E-state index contributed by atoms with van der Waals surface area (Å²) >= 11 is 6.15. The van der Waals surface area contributed by atoms with Gasteiger partial charge < -0.3 is 20.5 Å². The van der Waals surface area contributed by atoms with Gasteiger partial charge in [-0.15, -0.1) is 0 Å². The molecule has 3 atom stereocenters. The van der Waals surface area contributed by atoms with Gasteiger partial charge in [-0.1, -0.05) is 17.7 Å². The fourth-order valence-corrected chi connectivity index (χ4v) is 6.31. The molecule has 0 saturated carbocycles. The number of hydrogen-bond donors (Lipinski definition) is 2. The highest BCUT2D eigenvalue weighted by atomic mass is 35.5. The van der Waals surface area contributed by atoms with Crippen molar-refractivity contribution in [3.8, 4) is 11.6 Å². The summed E-state index contributed by atoms with van der Waals surface area (Å²) < 4.78 is 50.4. The SMILES string of the molecule is Cc1ccn(-c2cc(Cl)ccc2[C@@H](Oc2cc(N3CCC4(CC3)C[C@@H](C(=O)O)N(C(C)N(C)C)C4)nc(N)n2)C(F)(F)F)n1. The second kappa shape index (κ2) is 12.1. The van der Waals surface area contributed by atoms with Gasteiger partial charge in [0.25, 0.3) is 0 Å². The summed E-state index contributed by atoms with van der Waals surface area (Å²) in [6.07, 6.45) is -3.81. The van der Waals surface area contributed by atoms with Crippen molar-refractivity contribution in [2.75, 3.05) is 44.4 Å². The Morgan fingerprint density at radius 3 is 2.50 bits per heavy atom. The van der Waals surface area contributed by atoms with Gasteiger partial charge >= 0.3 is 12.1 Å². The third-order valence-electron chi connectivity index (χ3n) is 8.69. The maximum Gasteiger partial charge on any atom is 0.429 e. The maximum atomic E-state index is 14.5. The number of aromatic nitrogens is 4. The molecule has 0 bridgehead atoms. The van der Waals surface area contributed by atoms with E-state index < -0.39 is 24.3 Å². The fraction of sp³-hybridized carbons (Fsp3) is 0.517. The highest BCUT2D eigenvalue weighted by molar-refractivity contribution is 6.30. The molecule has 44 heavy (non-hydrogen) atoms. The number of piperidine rings is 1. The van der Waals surface area contributed by atoms with Crippen LogP contribution < -0.4 is 15.4 Å². The van der Waals surface area contributed by atoms with Gasteiger partial charge in [0.05, 0.1) is 17.5 Å². The van der Waals surface area contributed by atoms with Crippen LogP contribution in [0.3, 0.4) is 0 Å². The lowest BCUT2D eigenvalue weighted by Gasteiger charge is -2.40. The number of nitrogens with two attached hydrogens (primary N) is 1. The van der Waals surface area contributed by atoms with Crippen LogP contribution >= 0.6 is 11.6 Å². The zero-order valence-electron chi connectivity index (χ0n) is 24.9. The summed E-state index contributed by atoms with van der Waals surface area (Å²) in [6, 6.07) is 6.46. The number of benzene rings is 1. The minimum atomic E-state index is -4.82. The highest BCUT2D eigenvalue weighted by Gasteiger charge is 2.50. The average Bonchev–Trinajstić information content (AvgIpc) is 3.55. The van der Waals surface area contributed by atoms with Crippen molar-refractivity contribution < 1.29 is 27.8 Å². The lowest BCUT2D eigenvalue weighted by atomic mass is 9.76. The van der Waals surface area contributed by atoms with Gasteiger partial charge in [-0.05, 0) is 70.8 Å². The van der Waals surface area contributed by atoms with Crippen LogP contribution in [-0.4, -0.2) is 92.7 Å². The molecule has 0 aliphatic carbocycles. The lowest BCUT2D eigenvalue weighted by molar-refractivity contribution is -0.198. The van der Waals surface area contributed by atoms with E-state index in [1.165, 1.54) is 28.9 Å². The van der Waals surface area contributed by atoms with E-state index >= 15 is 0 Å². The number of carboxylic acids is 1. The average molecular weight is 637 g/mol. The zero-order chi connectivity index (χ0) is 32.0. The number of anilines is 2. The molecule has 2 aliphatic heterocycles. The molecular weight excluding hydrogens is 601 g/mol. The van der Waals surface area contributed by atoms with Crippen molar-refractivity contribution in [1.82, 2.24) is 29.5 Å². The lowest BCUT2D eigenvalue weighted by Crippen LogP contribution is -2.49. The molecule has 0 radical (unpaired) electrons. The standard InChI is InChI=1S/C29H36ClF3N8O3/c1-17-7-10-41(37-17)21-13-19(30)5-6-20(21)25(29(31,32)33)44-24-14-23(35-27(34)36-24)39-11-8-28(9-12-39)15-22(26(42)43)40(16-28)18(2)38(3)4/h5-7,10,13-14,18,22,25H,8-9,11-12,15-16H2,1-4H3,(H,42,43)(H2,34,35,36)/t18?,22-,25+/m0/s1. The monoisotopic (exact) mass is 636 g/mol. The van der Waals surface area contributed by atoms with E-state index in [1.807, 2.05) is 35.7 Å². The van der Waals surface area contributed by atoms with Crippen LogP contribution in [0.4, 0.5) is 24.9 Å². The predicted octanol–water partition coefficient (Wildman–Crippen LogP) is 4.54. The summed E-state index contributed by atoms with van der Waals surface area (Å²) in [5.74, 6) is -1.05. The molecule has 1 aromatic carbocycles. The number of carbonyl (C=O) groups is 1. The Kier molecular flexibility index (Phi) is 8.71. The van der Waals surface area contributed by atoms with Gasteiger partial charge in [-0.2, -0.15) is 28.2 Å². The minimum Gasteiger partial charge on any atom is -0.480 e. The van der Waals surface area contributed by atoms with Crippen LogP contribution in [0.5, 0.6) is 5.88 Å². The molecule has 2 fully saturated rings. The van der Waals surface area contributed by atoms with Gasteiger partial charge in [0.15, 0.2) is 0 Å². The summed E-state index contributed by atoms with van der Waals surface area (Å²) in [7, 11) is 3.84. The predicted molar refractivity (Wildman–Crippen MR) is 159 cm³/mol. The number of alkyl halides is 3. The van der Waals surface area contributed by atoms with Gasteiger partial charge in [0.2, 0.25) is 17.9 Å². The minimum absolute atomic E-state index is 0.0464. The van der Waals surface area contributed by atoms with E-state index in [4.69, 9.17) is 22.1 Å². The number of rotatable bonds is 8. The molecule has 4 heterocycles. The first kappa shape index (κ1) is 31.8. The van der Waals surface area contributed by atoms with Gasteiger partial charge in [-0.3, -0.25) is 14.6 Å². The molecule has 1 spiro atoms. The van der Waals surface area contributed by atoms with E-state index in [0.717, 1.165) is 0 Å². The van der Waals surface area contributed by atoms with Crippen molar-refractivity contribution >= 4 is 29.3 Å². The molecule has 2 saturated heterocycles. The molecule has 238 valence electrons. The summed E-state index contributed by atoms with van der Waals surface area (Å²) in [6.45, 7) is 5.41. The van der Waals surface area contributed by atoms with Crippen molar-refractivity contribution in [3.63, 3.8) is 0 Å². The Morgan fingerprint density at radius 2 is 1.91 bits per heavy atom. The molecule has 5 rings (SSSR count). The van der Waals surface area contributed by atoms with Crippen LogP contribution in [0.2, 0.25) is 5.02 Å². The summed E-state index contributed by atoms with van der Waals surface area (Å²) in [5.41, 5.74) is 6.30. The molecule has 1 unspecified atom stereocenters. The zero-order valence-corrected chi connectivity index (χ0v) is 25.7. The molecule has 2 aliphatic rings. The van der Waals surface area contributed by atoms with E-state index in [9.17, 15) is 23.1 Å². The number of likely N-dealkylation sites (tertiary alicyclic amines) is 1. The molecule has 3 aromatic rings. The number of nitrogens with zero attached hydrogens (tertiary/aromatic N) is 7. The molecule has 0 amide bonds. The van der Waals surface area contributed by atoms with Crippen LogP contribution in [0.25, 0.3) is 5.69 Å². The largest absolute Gasteiger partial charge is 0.480 e. The van der Waals surface area contributed by atoms with Crippen molar-refractivity contribution in [1.29, 1.82) is 0 Å². The third-order valence-corrected chi connectivity index (χ3v) is 8.93. The number of nitrogen functional groups attached to an aromatic ring is 1. The van der Waals surface area contributed by atoms with Crippen molar-refractivity contribution in [3.05, 3.63) is 52.8 Å². The second-order valence-electron chi connectivity index (χ2n) is 11.9. The maximum absolute atomic E-state index is 14.5. The Hall–Kier alpha value is -3.62. The van der Waals surface area contributed by atoms with Crippen LogP contribution in [0.1, 0.15) is 43.5 Å². The Balaban J connectivity index is 1.38. The van der Waals surface area contributed by atoms with E-state index in [2.05, 4.69) is 15.1 Å². The van der Waals surface area contributed by atoms with E-state index in [-0.39, 0.29) is 39.7 Å². The van der Waals surface area contributed by atoms with E-state index in [0.29, 0.717) is 50.4 Å². The topological polar surface area (TPSA) is 126 Å². The van der Waals surface area contributed by atoms with E-state index in [1.54, 1.807) is 19.2 Å². The molecule has 2 aromatic heterocycles. The highest BCUT2D eigenvalue weighted by Crippen LogP contribution is 2.45. The summed E-state index contributed by atoms with van der Waals surface area (Å²) in [5, 5.41) is 14.4. The number of hydrogen-bond acceptors (Lipinski definition) is 9. The Labute approximate surface area is 258 Å². The number of ether oxygens (including phenoxy) is 1. The van der Waals surface area contributed by atoms with Crippen molar-refractivity contribution in [2.24, 2.45) is 5.41 Å². The third kappa shape index (κ3) is 6.57. The molecule has 3 N–H and O–H groups in total.